The van der Waals surface area contributed by atoms with E-state index < -0.39 is 0 Å². The minimum Gasteiger partial charge on any atom is -0.309 e. The molecule has 12 nitrogen and oxygen atoms in total. The van der Waals surface area contributed by atoms with Crippen molar-refractivity contribution in [2.24, 2.45) is 0 Å². The molecule has 0 radical (unpaired) electrons. The molecule has 20 aromatic carbocycles. The molecule has 0 bridgehead atoms. The topological polar surface area (TPSA) is 107 Å². The summed E-state index contributed by atoms with van der Waals surface area (Å²) in [6.07, 6.45) is 0. The molecule has 0 aliphatic rings. The van der Waals surface area contributed by atoms with Gasteiger partial charge in [0.2, 0.25) is 17.8 Å². The highest BCUT2D eigenvalue weighted by atomic mass is 15.2. The van der Waals surface area contributed by atoms with E-state index in [2.05, 4.69) is 519 Å². The van der Waals surface area contributed by atoms with Crippen molar-refractivity contribution in [3.8, 4) is 125 Å². The zero-order valence-corrected chi connectivity index (χ0v) is 78.0. The van der Waals surface area contributed by atoms with Crippen LogP contribution in [0.1, 0.15) is 0 Å². The molecule has 0 amide bonds. The maximum absolute atomic E-state index is 5.40. The largest absolute Gasteiger partial charge is 0.309 e. The van der Waals surface area contributed by atoms with Crippen LogP contribution in [-0.2, 0) is 0 Å². The van der Waals surface area contributed by atoms with Gasteiger partial charge >= 0.3 is 0 Å². The Morgan fingerprint density at radius 3 is 0.611 bits per heavy atom. The Morgan fingerprint density at radius 2 is 0.319 bits per heavy atom. The number of rotatable bonds is 14. The van der Waals surface area contributed by atoms with E-state index in [9.17, 15) is 0 Å². The van der Waals surface area contributed by atoms with E-state index in [4.69, 9.17) is 29.9 Å². The third kappa shape index (κ3) is 14.5. The normalized spacial score (nSPS) is 11.6. The average molecular weight is 1840 g/mol. The molecule has 144 heavy (non-hydrogen) atoms. The molecule has 0 N–H and O–H groups in total. The molecule has 12 heteroatoms. The summed E-state index contributed by atoms with van der Waals surface area (Å²) in [6, 6.07) is 184. The molecular formula is C132H86N12. The molecule has 674 valence electrons. The lowest BCUT2D eigenvalue weighted by Crippen LogP contribution is -2.04. The van der Waals surface area contributed by atoms with E-state index in [-0.39, 0.29) is 0 Å². The molecule has 0 unspecified atom stereocenters. The SMILES string of the molecule is c1ccc(-c2cc(-c3ccccc3)nc(-n3c4ccccc4c4ccc5c(c6ccccc6n5-c5ccccc5)c43)n2)cc1.c1ccc(-c2ccc(-c3cc(-c4ccccc4)nc(-n4c5ccccc5c5ccc6c(c7ccccc7n6-c6ccccc6)c54)n3)cc2)cc1.c1ccc(-c2cccc(-c3cc(-c4ccccc4)nc(-n4c5ccccc5c5ccc6c(c7ccccc7n6-c6ccccc6)c54)n3)c2)cc1. The van der Waals surface area contributed by atoms with Gasteiger partial charge in [0.25, 0.3) is 0 Å². The summed E-state index contributed by atoms with van der Waals surface area (Å²) < 4.78 is 13.9. The predicted molar refractivity (Wildman–Crippen MR) is 596 cm³/mol. The Labute approximate surface area is 828 Å². The molecule has 0 aliphatic carbocycles. The number of hydrogen-bond donors (Lipinski definition) is 0. The third-order valence-corrected chi connectivity index (χ3v) is 28.0. The van der Waals surface area contributed by atoms with Crippen LogP contribution in [0, 0.1) is 0 Å². The highest BCUT2D eigenvalue weighted by molar-refractivity contribution is 6.29. The van der Waals surface area contributed by atoms with Crippen LogP contribution in [0.4, 0.5) is 0 Å². The van der Waals surface area contributed by atoms with E-state index in [0.717, 1.165) is 151 Å². The molecule has 0 atom stereocenters. The Bertz CT molecular complexity index is 9920. The van der Waals surface area contributed by atoms with E-state index in [0.29, 0.717) is 17.8 Å². The van der Waals surface area contributed by atoms with Gasteiger partial charge in [0.05, 0.1) is 100 Å². The fraction of sp³-hybridized carbons (Fsp3) is 0. The first-order valence-corrected chi connectivity index (χ1v) is 48.7. The fourth-order valence-electron chi connectivity index (χ4n) is 21.6. The lowest BCUT2D eigenvalue weighted by Gasteiger charge is -2.13. The van der Waals surface area contributed by atoms with Crippen molar-refractivity contribution in [2.75, 3.05) is 0 Å². The van der Waals surface area contributed by atoms with E-state index in [1.807, 2.05) is 30.3 Å². The van der Waals surface area contributed by atoms with Crippen LogP contribution in [-0.4, -0.2) is 57.3 Å². The Hall–Kier alpha value is -19.6. The van der Waals surface area contributed by atoms with Crippen molar-refractivity contribution in [1.82, 2.24) is 57.3 Å². The zero-order valence-electron chi connectivity index (χ0n) is 78.0. The van der Waals surface area contributed by atoms with Crippen molar-refractivity contribution in [3.63, 3.8) is 0 Å². The van der Waals surface area contributed by atoms with E-state index in [1.165, 1.54) is 86.8 Å². The molecule has 29 rings (SSSR count). The van der Waals surface area contributed by atoms with Crippen LogP contribution < -0.4 is 0 Å². The van der Waals surface area contributed by atoms with Gasteiger partial charge in [-0.15, -0.1) is 0 Å². The highest BCUT2D eigenvalue weighted by Gasteiger charge is 2.29. The molecule has 29 aromatic rings. The summed E-state index contributed by atoms with van der Waals surface area (Å²) in [5.74, 6) is 1.94. The summed E-state index contributed by atoms with van der Waals surface area (Å²) in [5.41, 5.74) is 33.1. The average Bonchev–Trinajstić information content (AvgIpc) is 1.55. The number of aromatic nitrogens is 12. The lowest BCUT2D eigenvalue weighted by atomic mass is 10.0. The molecule has 0 aliphatic heterocycles. The Kier molecular flexibility index (Phi) is 20.6. The fourth-order valence-corrected chi connectivity index (χ4v) is 21.6. The number of nitrogens with zero attached hydrogens (tertiary/aromatic N) is 12. The second-order valence-electron chi connectivity index (χ2n) is 36.4. The van der Waals surface area contributed by atoms with Crippen LogP contribution in [0.25, 0.3) is 256 Å². The summed E-state index contributed by atoms with van der Waals surface area (Å²) >= 11 is 0. The minimum atomic E-state index is 0.640. The monoisotopic (exact) mass is 1840 g/mol. The van der Waals surface area contributed by atoms with Crippen molar-refractivity contribution in [2.45, 2.75) is 0 Å². The smallest absolute Gasteiger partial charge is 0.235 e. The molecular weight excluding hydrogens is 1750 g/mol. The number of hydrogen-bond acceptors (Lipinski definition) is 6. The zero-order chi connectivity index (χ0) is 95.1. The Balaban J connectivity index is 0.000000108. The number of benzene rings is 20. The van der Waals surface area contributed by atoms with Gasteiger partial charge in [-0.2, -0.15) is 0 Å². The van der Waals surface area contributed by atoms with Crippen LogP contribution in [0.3, 0.4) is 0 Å². The van der Waals surface area contributed by atoms with Gasteiger partial charge in [-0.25, -0.2) is 29.9 Å². The van der Waals surface area contributed by atoms with Gasteiger partial charge in [0.1, 0.15) is 0 Å². The van der Waals surface area contributed by atoms with Gasteiger partial charge in [0, 0.05) is 115 Å². The van der Waals surface area contributed by atoms with Crippen LogP contribution in [0.15, 0.2) is 522 Å². The van der Waals surface area contributed by atoms with Gasteiger partial charge in [-0.05, 0) is 138 Å². The second-order valence-corrected chi connectivity index (χ2v) is 36.4. The first-order chi connectivity index (χ1) is 71.5. The molecule has 0 saturated heterocycles. The molecule has 9 heterocycles. The predicted octanol–water partition coefficient (Wildman–Crippen LogP) is 33.3. The van der Waals surface area contributed by atoms with Crippen LogP contribution >= 0.6 is 0 Å². The highest BCUT2D eigenvalue weighted by Crippen LogP contribution is 2.48. The van der Waals surface area contributed by atoms with Crippen LogP contribution in [0.5, 0.6) is 0 Å². The van der Waals surface area contributed by atoms with Crippen molar-refractivity contribution >= 4 is 131 Å². The van der Waals surface area contributed by atoms with Crippen molar-refractivity contribution in [3.05, 3.63) is 522 Å². The summed E-state index contributed by atoms with van der Waals surface area (Å²) in [7, 11) is 0. The number of para-hydroxylation sites is 9. The molecule has 0 saturated carbocycles. The lowest BCUT2D eigenvalue weighted by molar-refractivity contribution is 0.998. The van der Waals surface area contributed by atoms with Gasteiger partial charge < -0.3 is 13.7 Å². The van der Waals surface area contributed by atoms with Gasteiger partial charge in [0.15, 0.2) is 0 Å². The number of fused-ring (bicyclic) bond motifs is 21. The molecule has 9 aromatic heterocycles. The van der Waals surface area contributed by atoms with E-state index in [1.54, 1.807) is 0 Å². The Morgan fingerprint density at radius 1 is 0.118 bits per heavy atom. The summed E-state index contributed by atoms with van der Waals surface area (Å²) in [6.45, 7) is 0. The minimum absolute atomic E-state index is 0.640. The first-order valence-electron chi connectivity index (χ1n) is 48.7. The summed E-state index contributed by atoms with van der Waals surface area (Å²) in [4.78, 5) is 32.0. The van der Waals surface area contributed by atoms with Gasteiger partial charge in [-0.1, -0.05) is 406 Å². The van der Waals surface area contributed by atoms with Crippen LogP contribution in [0.2, 0.25) is 0 Å². The van der Waals surface area contributed by atoms with Crippen molar-refractivity contribution < 1.29 is 0 Å². The molecule has 0 spiro atoms. The standard InChI is InChI=1S/2C46H30N4.C40H26N4/c1-4-15-31(16-5-1)33-19-14-20-34(29-33)40-30-39(32-17-6-2-7-18-32)47-46(48-40)50-41-25-12-10-23-36(41)37-27-28-43-44(45(37)50)38-24-11-13-26-42(38)49(43)35-21-8-3-9-22-35;1-4-14-31(15-5-1)32-24-26-34(27-25-32)40-30-39(33-16-6-2-7-17-33)47-46(48-40)50-41-22-12-10-20-36(41)37-28-29-43-44(45(37)50)38-21-11-13-23-42(38)49(43)35-18-8-3-9-19-35;1-4-14-27(15-5-1)33-26-34(28-16-6-2-7-17-28)42-40(41-33)44-35-22-12-10-20-30(35)31-24-25-37-38(39(31)44)32-21-11-13-23-36(32)43(37)29-18-8-3-9-19-29/h2*1-30H;1-26H. The quantitative estimate of drug-likeness (QED) is 0.107. The maximum atomic E-state index is 5.40. The first kappa shape index (κ1) is 83.8. The second kappa shape index (κ2) is 35.5. The molecule has 0 fully saturated rings. The maximum Gasteiger partial charge on any atom is 0.235 e. The van der Waals surface area contributed by atoms with Gasteiger partial charge in [-0.3, -0.25) is 13.7 Å². The summed E-state index contributed by atoms with van der Waals surface area (Å²) in [5, 5.41) is 14.2. The third-order valence-electron chi connectivity index (χ3n) is 28.0. The van der Waals surface area contributed by atoms with Crippen molar-refractivity contribution in [1.29, 1.82) is 0 Å². The van der Waals surface area contributed by atoms with E-state index >= 15 is 0 Å².